The molecule has 1 heterocycles. The van der Waals surface area contributed by atoms with Crippen LogP contribution in [0.5, 0.6) is 0 Å². The third-order valence-corrected chi connectivity index (χ3v) is 3.64. The lowest BCUT2D eigenvalue weighted by atomic mass is 10.1. The van der Waals surface area contributed by atoms with Gasteiger partial charge in [0, 0.05) is 38.4 Å². The maximum Gasteiger partial charge on any atom is 0.409 e. The fraction of sp³-hybridized carbons (Fsp3) is 0.533. The van der Waals surface area contributed by atoms with Crippen LogP contribution in [-0.4, -0.2) is 43.8 Å². The second-order valence-electron chi connectivity index (χ2n) is 5.00. The predicted molar refractivity (Wildman–Crippen MR) is 79.9 cm³/mol. The van der Waals surface area contributed by atoms with Gasteiger partial charge in [0.2, 0.25) is 0 Å². The van der Waals surface area contributed by atoms with Crippen LogP contribution in [0.4, 0.5) is 10.5 Å². The van der Waals surface area contributed by atoms with Crippen molar-refractivity contribution in [3.05, 3.63) is 29.3 Å². The van der Waals surface area contributed by atoms with E-state index in [1.807, 2.05) is 6.92 Å². The molecule has 1 aliphatic heterocycles. The molecule has 20 heavy (non-hydrogen) atoms. The lowest BCUT2D eigenvalue weighted by molar-refractivity contribution is 0.105. The molecule has 0 unspecified atom stereocenters. The predicted octanol–water partition coefficient (Wildman–Crippen LogP) is 1.73. The van der Waals surface area contributed by atoms with Crippen LogP contribution in [0.2, 0.25) is 0 Å². The lowest BCUT2D eigenvalue weighted by Crippen LogP contribution is -2.49. The smallest absolute Gasteiger partial charge is 0.409 e. The summed E-state index contributed by atoms with van der Waals surface area (Å²) in [5.74, 6) is 0. The molecule has 0 aliphatic carbocycles. The van der Waals surface area contributed by atoms with Gasteiger partial charge in [-0.25, -0.2) is 4.79 Å². The molecule has 0 radical (unpaired) electrons. The summed E-state index contributed by atoms with van der Waals surface area (Å²) >= 11 is 0. The number of carbonyl (C=O) groups excluding carboxylic acids is 1. The van der Waals surface area contributed by atoms with Crippen molar-refractivity contribution in [2.24, 2.45) is 5.73 Å². The Balaban J connectivity index is 1.98. The quantitative estimate of drug-likeness (QED) is 0.914. The fourth-order valence-electron chi connectivity index (χ4n) is 2.54. The average Bonchev–Trinajstić information content (AvgIpc) is 2.47. The van der Waals surface area contributed by atoms with Crippen LogP contribution in [-0.2, 0) is 11.3 Å². The Labute approximate surface area is 120 Å². The standard InChI is InChI=1S/C15H23N3O2/c1-3-20-15(19)18-8-6-17(7-9-18)14-5-4-13(11-16)10-12(14)2/h4-5,10H,3,6-9,11,16H2,1-2H3. The maximum absolute atomic E-state index is 11.7. The number of carbonyl (C=O) groups is 1. The highest BCUT2D eigenvalue weighted by atomic mass is 16.6. The summed E-state index contributed by atoms with van der Waals surface area (Å²) in [6.07, 6.45) is -0.206. The molecule has 0 spiro atoms. The molecule has 0 saturated carbocycles. The second-order valence-corrected chi connectivity index (χ2v) is 5.00. The summed E-state index contributed by atoms with van der Waals surface area (Å²) in [6.45, 7) is 8.01. The molecule has 1 aromatic carbocycles. The van der Waals surface area contributed by atoms with Crippen LogP contribution in [0, 0.1) is 6.92 Å². The van der Waals surface area contributed by atoms with Crippen LogP contribution >= 0.6 is 0 Å². The van der Waals surface area contributed by atoms with Gasteiger partial charge in [-0.1, -0.05) is 12.1 Å². The van der Waals surface area contributed by atoms with Gasteiger partial charge in [0.1, 0.15) is 0 Å². The molecule has 110 valence electrons. The number of aryl methyl sites for hydroxylation is 1. The zero-order valence-electron chi connectivity index (χ0n) is 12.3. The van der Waals surface area contributed by atoms with Gasteiger partial charge >= 0.3 is 6.09 Å². The van der Waals surface area contributed by atoms with Crippen LogP contribution < -0.4 is 10.6 Å². The number of anilines is 1. The van der Waals surface area contributed by atoms with Gasteiger partial charge in [-0.2, -0.15) is 0 Å². The first kappa shape index (κ1) is 14.7. The Kier molecular flexibility index (Phi) is 4.84. The number of hydrogen-bond donors (Lipinski definition) is 1. The molecule has 2 rings (SSSR count). The normalized spacial score (nSPS) is 15.3. The molecule has 1 saturated heterocycles. The molecule has 1 fully saturated rings. The highest BCUT2D eigenvalue weighted by Gasteiger charge is 2.22. The number of benzene rings is 1. The summed E-state index contributed by atoms with van der Waals surface area (Å²) in [5, 5.41) is 0. The van der Waals surface area contributed by atoms with Crippen LogP contribution in [0.1, 0.15) is 18.1 Å². The van der Waals surface area contributed by atoms with E-state index in [4.69, 9.17) is 10.5 Å². The molecule has 5 heteroatoms. The molecule has 0 atom stereocenters. The first-order valence-electron chi connectivity index (χ1n) is 7.12. The third kappa shape index (κ3) is 3.22. The topological polar surface area (TPSA) is 58.8 Å². The van der Waals surface area contributed by atoms with Crippen molar-refractivity contribution in [1.29, 1.82) is 0 Å². The van der Waals surface area contributed by atoms with Crippen molar-refractivity contribution in [2.45, 2.75) is 20.4 Å². The van der Waals surface area contributed by atoms with Gasteiger partial charge in [-0.15, -0.1) is 0 Å². The molecule has 0 aromatic heterocycles. The molecule has 1 amide bonds. The van der Waals surface area contributed by atoms with E-state index in [1.54, 1.807) is 4.90 Å². The van der Waals surface area contributed by atoms with E-state index in [9.17, 15) is 4.79 Å². The van der Waals surface area contributed by atoms with Crippen molar-refractivity contribution in [1.82, 2.24) is 4.90 Å². The molecular formula is C15H23N3O2. The first-order valence-corrected chi connectivity index (χ1v) is 7.12. The highest BCUT2D eigenvalue weighted by Crippen LogP contribution is 2.22. The number of hydrogen-bond acceptors (Lipinski definition) is 4. The van der Waals surface area contributed by atoms with Gasteiger partial charge < -0.3 is 20.3 Å². The molecule has 2 N–H and O–H groups in total. The summed E-state index contributed by atoms with van der Waals surface area (Å²) in [7, 11) is 0. The van der Waals surface area contributed by atoms with E-state index in [0.717, 1.165) is 18.7 Å². The average molecular weight is 277 g/mol. The zero-order valence-corrected chi connectivity index (χ0v) is 12.3. The summed E-state index contributed by atoms with van der Waals surface area (Å²) in [4.78, 5) is 15.7. The van der Waals surface area contributed by atoms with E-state index in [0.29, 0.717) is 26.2 Å². The van der Waals surface area contributed by atoms with Gasteiger partial charge in [0.25, 0.3) is 0 Å². The molecule has 0 bridgehead atoms. The monoisotopic (exact) mass is 277 g/mol. The number of nitrogens with two attached hydrogens (primary N) is 1. The Hall–Kier alpha value is -1.75. The van der Waals surface area contributed by atoms with Gasteiger partial charge in [0.05, 0.1) is 6.61 Å². The number of piperazine rings is 1. The van der Waals surface area contributed by atoms with Crippen molar-refractivity contribution < 1.29 is 9.53 Å². The molecule has 1 aromatic rings. The van der Waals surface area contributed by atoms with E-state index < -0.39 is 0 Å². The number of amides is 1. The van der Waals surface area contributed by atoms with Crippen molar-refractivity contribution >= 4 is 11.8 Å². The molecule has 5 nitrogen and oxygen atoms in total. The second kappa shape index (κ2) is 6.61. The number of ether oxygens (including phenoxy) is 1. The minimum absolute atomic E-state index is 0.206. The Morgan fingerprint density at radius 3 is 2.55 bits per heavy atom. The minimum Gasteiger partial charge on any atom is -0.450 e. The number of rotatable bonds is 3. The van der Waals surface area contributed by atoms with Crippen LogP contribution in [0.25, 0.3) is 0 Å². The van der Waals surface area contributed by atoms with Crippen molar-refractivity contribution in [2.75, 3.05) is 37.7 Å². The van der Waals surface area contributed by atoms with E-state index in [-0.39, 0.29) is 6.09 Å². The largest absolute Gasteiger partial charge is 0.450 e. The van der Waals surface area contributed by atoms with E-state index in [2.05, 4.69) is 30.0 Å². The van der Waals surface area contributed by atoms with Crippen molar-refractivity contribution in [3.63, 3.8) is 0 Å². The maximum atomic E-state index is 11.7. The summed E-state index contributed by atoms with van der Waals surface area (Å²) in [6, 6.07) is 6.32. The van der Waals surface area contributed by atoms with Crippen LogP contribution in [0.15, 0.2) is 18.2 Å². The molecular weight excluding hydrogens is 254 g/mol. The summed E-state index contributed by atoms with van der Waals surface area (Å²) < 4.78 is 5.03. The lowest BCUT2D eigenvalue weighted by Gasteiger charge is -2.36. The first-order chi connectivity index (χ1) is 9.65. The van der Waals surface area contributed by atoms with Crippen LogP contribution in [0.3, 0.4) is 0 Å². The fourth-order valence-corrected chi connectivity index (χ4v) is 2.54. The molecule has 1 aliphatic rings. The Morgan fingerprint density at radius 2 is 2.00 bits per heavy atom. The van der Waals surface area contributed by atoms with Gasteiger partial charge in [-0.05, 0) is 31.0 Å². The number of nitrogens with zero attached hydrogens (tertiary/aromatic N) is 2. The SMILES string of the molecule is CCOC(=O)N1CCN(c2ccc(CN)cc2C)CC1. The Bertz CT molecular complexity index is 468. The van der Waals surface area contributed by atoms with E-state index >= 15 is 0 Å². The Morgan fingerprint density at radius 1 is 1.30 bits per heavy atom. The summed E-state index contributed by atoms with van der Waals surface area (Å²) in [5.41, 5.74) is 9.27. The third-order valence-electron chi connectivity index (χ3n) is 3.64. The zero-order chi connectivity index (χ0) is 14.5. The highest BCUT2D eigenvalue weighted by molar-refractivity contribution is 5.68. The minimum atomic E-state index is -0.206. The van der Waals surface area contributed by atoms with E-state index in [1.165, 1.54) is 11.3 Å². The van der Waals surface area contributed by atoms with Gasteiger partial charge in [-0.3, -0.25) is 0 Å². The van der Waals surface area contributed by atoms with Gasteiger partial charge in [0.15, 0.2) is 0 Å². The van der Waals surface area contributed by atoms with Crippen molar-refractivity contribution in [3.8, 4) is 0 Å².